The number of nitrogens with two attached hydrogens (primary N) is 1. The standard InChI is InChI=1S/C10H20N2O2/c1-8-3-4-9(5-11)6-12(8)10(13)7-14-2/h8-9H,3-7,11H2,1-2H3. The van der Waals surface area contributed by atoms with Gasteiger partial charge in [0.2, 0.25) is 5.91 Å². The van der Waals surface area contributed by atoms with Gasteiger partial charge in [0.25, 0.3) is 0 Å². The average molecular weight is 200 g/mol. The number of carbonyl (C=O) groups excluding carboxylic acids is 1. The van der Waals surface area contributed by atoms with Gasteiger partial charge in [0.05, 0.1) is 0 Å². The van der Waals surface area contributed by atoms with E-state index in [1.165, 1.54) is 0 Å². The first-order valence-corrected chi connectivity index (χ1v) is 5.17. The number of likely N-dealkylation sites (tertiary alicyclic amines) is 1. The van der Waals surface area contributed by atoms with Gasteiger partial charge in [0.1, 0.15) is 6.61 Å². The molecule has 1 aliphatic heterocycles. The molecule has 1 heterocycles. The SMILES string of the molecule is COCC(=O)N1CC(CN)CCC1C. The van der Waals surface area contributed by atoms with Crippen LogP contribution in [0.25, 0.3) is 0 Å². The molecule has 0 aromatic heterocycles. The van der Waals surface area contributed by atoms with E-state index in [4.69, 9.17) is 10.5 Å². The van der Waals surface area contributed by atoms with Crippen molar-refractivity contribution in [3.63, 3.8) is 0 Å². The Kier molecular flexibility index (Phi) is 4.35. The van der Waals surface area contributed by atoms with Gasteiger partial charge in [-0.25, -0.2) is 0 Å². The zero-order valence-corrected chi connectivity index (χ0v) is 9.03. The third-order valence-electron chi connectivity index (χ3n) is 2.90. The number of hydrogen-bond acceptors (Lipinski definition) is 3. The first kappa shape index (κ1) is 11.5. The summed E-state index contributed by atoms with van der Waals surface area (Å²) in [6.45, 7) is 3.73. The molecule has 1 aliphatic rings. The largest absolute Gasteiger partial charge is 0.375 e. The Balaban J connectivity index is 2.51. The van der Waals surface area contributed by atoms with E-state index < -0.39 is 0 Å². The van der Waals surface area contributed by atoms with E-state index in [2.05, 4.69) is 6.92 Å². The Morgan fingerprint density at radius 3 is 2.86 bits per heavy atom. The van der Waals surface area contributed by atoms with Crippen LogP contribution in [0.5, 0.6) is 0 Å². The van der Waals surface area contributed by atoms with E-state index in [1.54, 1.807) is 7.11 Å². The van der Waals surface area contributed by atoms with Crippen LogP contribution in [0.1, 0.15) is 19.8 Å². The predicted octanol–water partition coefficient (Wildman–Crippen LogP) is 0.219. The summed E-state index contributed by atoms with van der Waals surface area (Å²) in [7, 11) is 1.55. The fourth-order valence-corrected chi connectivity index (χ4v) is 1.93. The average Bonchev–Trinajstić information content (AvgIpc) is 2.19. The fraction of sp³-hybridized carbons (Fsp3) is 0.900. The van der Waals surface area contributed by atoms with Crippen molar-refractivity contribution < 1.29 is 9.53 Å². The zero-order chi connectivity index (χ0) is 10.6. The summed E-state index contributed by atoms with van der Waals surface area (Å²) >= 11 is 0. The normalized spacial score (nSPS) is 27.8. The van der Waals surface area contributed by atoms with Gasteiger partial charge in [0, 0.05) is 19.7 Å². The molecular formula is C10H20N2O2. The van der Waals surface area contributed by atoms with Gasteiger partial charge >= 0.3 is 0 Å². The van der Waals surface area contributed by atoms with Crippen molar-refractivity contribution in [2.24, 2.45) is 11.7 Å². The summed E-state index contributed by atoms with van der Waals surface area (Å²) < 4.78 is 4.85. The van der Waals surface area contributed by atoms with E-state index in [-0.39, 0.29) is 12.5 Å². The molecule has 2 N–H and O–H groups in total. The highest BCUT2D eigenvalue weighted by Crippen LogP contribution is 2.20. The predicted molar refractivity (Wildman–Crippen MR) is 54.8 cm³/mol. The topological polar surface area (TPSA) is 55.6 Å². The Morgan fingerprint density at radius 2 is 2.29 bits per heavy atom. The highest BCUT2D eigenvalue weighted by molar-refractivity contribution is 5.77. The number of carbonyl (C=O) groups is 1. The highest BCUT2D eigenvalue weighted by Gasteiger charge is 2.27. The number of rotatable bonds is 3. The lowest BCUT2D eigenvalue weighted by atomic mass is 9.93. The van der Waals surface area contributed by atoms with E-state index in [0.29, 0.717) is 18.5 Å². The minimum Gasteiger partial charge on any atom is -0.375 e. The molecule has 0 aromatic rings. The molecule has 0 aromatic carbocycles. The third kappa shape index (κ3) is 2.69. The molecule has 14 heavy (non-hydrogen) atoms. The van der Waals surface area contributed by atoms with Crippen LogP contribution in [0.15, 0.2) is 0 Å². The second-order valence-corrected chi connectivity index (χ2v) is 4.01. The molecule has 82 valence electrons. The smallest absolute Gasteiger partial charge is 0.248 e. The molecule has 2 unspecified atom stereocenters. The van der Waals surface area contributed by atoms with Crippen LogP contribution >= 0.6 is 0 Å². The maximum Gasteiger partial charge on any atom is 0.248 e. The van der Waals surface area contributed by atoms with Crippen LogP contribution < -0.4 is 5.73 Å². The van der Waals surface area contributed by atoms with Crippen molar-refractivity contribution in [1.82, 2.24) is 4.90 Å². The van der Waals surface area contributed by atoms with E-state index in [0.717, 1.165) is 19.4 Å². The van der Waals surface area contributed by atoms with E-state index in [1.807, 2.05) is 4.90 Å². The summed E-state index contributed by atoms with van der Waals surface area (Å²) in [6.07, 6.45) is 2.19. The summed E-state index contributed by atoms with van der Waals surface area (Å²) in [6, 6.07) is 0.334. The lowest BCUT2D eigenvalue weighted by Crippen LogP contribution is -2.48. The van der Waals surface area contributed by atoms with Crippen LogP contribution in [-0.4, -0.2) is 43.7 Å². The van der Waals surface area contributed by atoms with Crippen LogP contribution in [-0.2, 0) is 9.53 Å². The van der Waals surface area contributed by atoms with E-state index in [9.17, 15) is 4.79 Å². The van der Waals surface area contributed by atoms with Crippen LogP contribution in [0, 0.1) is 5.92 Å². The number of nitrogens with zero attached hydrogens (tertiary/aromatic N) is 1. The van der Waals surface area contributed by atoms with Crippen molar-refractivity contribution in [1.29, 1.82) is 0 Å². The Morgan fingerprint density at radius 1 is 1.57 bits per heavy atom. The molecule has 0 aliphatic carbocycles. The number of amides is 1. The van der Waals surface area contributed by atoms with Crippen LogP contribution in [0.4, 0.5) is 0 Å². The quantitative estimate of drug-likeness (QED) is 0.709. The van der Waals surface area contributed by atoms with Crippen molar-refractivity contribution in [3.8, 4) is 0 Å². The molecule has 1 rings (SSSR count). The molecule has 2 atom stereocenters. The molecule has 1 fully saturated rings. The Labute approximate surface area is 85.4 Å². The van der Waals surface area contributed by atoms with Gasteiger partial charge in [-0.15, -0.1) is 0 Å². The summed E-state index contributed by atoms with van der Waals surface area (Å²) in [5.41, 5.74) is 5.62. The van der Waals surface area contributed by atoms with E-state index >= 15 is 0 Å². The number of ether oxygens (including phenoxy) is 1. The number of methoxy groups -OCH3 is 1. The summed E-state index contributed by atoms with van der Waals surface area (Å²) in [5, 5.41) is 0. The molecule has 0 radical (unpaired) electrons. The molecule has 1 saturated heterocycles. The van der Waals surface area contributed by atoms with Crippen molar-refractivity contribution in [2.45, 2.75) is 25.8 Å². The number of piperidine rings is 1. The summed E-state index contributed by atoms with van der Waals surface area (Å²) in [5.74, 6) is 0.546. The molecule has 0 spiro atoms. The van der Waals surface area contributed by atoms with Crippen molar-refractivity contribution in [2.75, 3.05) is 26.8 Å². The van der Waals surface area contributed by atoms with Gasteiger partial charge in [-0.3, -0.25) is 4.79 Å². The number of hydrogen-bond donors (Lipinski definition) is 1. The monoisotopic (exact) mass is 200 g/mol. The first-order chi connectivity index (χ1) is 6.69. The van der Waals surface area contributed by atoms with Crippen molar-refractivity contribution >= 4 is 5.91 Å². The Hall–Kier alpha value is -0.610. The van der Waals surface area contributed by atoms with Gasteiger partial charge in [0.15, 0.2) is 0 Å². The maximum absolute atomic E-state index is 11.6. The van der Waals surface area contributed by atoms with Gasteiger partial charge in [-0.1, -0.05) is 0 Å². The lowest BCUT2D eigenvalue weighted by molar-refractivity contribution is -0.139. The maximum atomic E-state index is 11.6. The third-order valence-corrected chi connectivity index (χ3v) is 2.90. The zero-order valence-electron chi connectivity index (χ0n) is 9.03. The minimum absolute atomic E-state index is 0.0816. The molecular weight excluding hydrogens is 180 g/mol. The van der Waals surface area contributed by atoms with Gasteiger partial charge in [-0.05, 0) is 32.2 Å². The highest BCUT2D eigenvalue weighted by atomic mass is 16.5. The van der Waals surface area contributed by atoms with Crippen molar-refractivity contribution in [3.05, 3.63) is 0 Å². The molecule has 1 amide bonds. The van der Waals surface area contributed by atoms with Crippen LogP contribution in [0.3, 0.4) is 0 Å². The molecule has 0 saturated carbocycles. The van der Waals surface area contributed by atoms with Crippen LogP contribution in [0.2, 0.25) is 0 Å². The van der Waals surface area contributed by atoms with Gasteiger partial charge < -0.3 is 15.4 Å². The molecule has 4 heteroatoms. The lowest BCUT2D eigenvalue weighted by Gasteiger charge is -2.37. The second kappa shape index (κ2) is 5.32. The fourth-order valence-electron chi connectivity index (χ4n) is 1.93. The summed E-state index contributed by atoms with van der Waals surface area (Å²) in [4.78, 5) is 13.5. The molecule has 4 nitrogen and oxygen atoms in total. The van der Waals surface area contributed by atoms with Gasteiger partial charge in [-0.2, -0.15) is 0 Å². The minimum atomic E-state index is 0.0816. The first-order valence-electron chi connectivity index (χ1n) is 5.17. The Bertz CT molecular complexity index is 197. The second-order valence-electron chi connectivity index (χ2n) is 4.01. The molecule has 0 bridgehead atoms.